The van der Waals surface area contributed by atoms with Crippen LogP contribution in [-0.2, 0) is 14.4 Å². The van der Waals surface area contributed by atoms with Crippen LogP contribution in [0.3, 0.4) is 0 Å². The van der Waals surface area contributed by atoms with Crippen LogP contribution in [0.4, 0.5) is 0 Å². The largest absolute Gasteiger partial charge is 0.303 e. The molecule has 0 aliphatic carbocycles. The van der Waals surface area contributed by atoms with E-state index >= 15 is 0 Å². The molecule has 0 fully saturated rings. The maximum absolute atomic E-state index is 9.98. The van der Waals surface area contributed by atoms with Crippen molar-refractivity contribution in [2.45, 2.75) is 162 Å². The zero-order chi connectivity index (χ0) is 25.1. The highest BCUT2D eigenvalue weighted by Crippen LogP contribution is 2.09. The van der Waals surface area contributed by atoms with Crippen molar-refractivity contribution in [2.24, 2.45) is 0 Å². The van der Waals surface area contributed by atoms with E-state index < -0.39 is 0 Å². The molecule has 0 saturated carbocycles. The first-order valence-corrected chi connectivity index (χ1v) is 14.2. The maximum Gasteiger partial charge on any atom is 0.142 e. The molecule has 0 spiro atoms. The van der Waals surface area contributed by atoms with Crippen molar-refractivity contribution in [3.8, 4) is 0 Å². The summed E-state index contributed by atoms with van der Waals surface area (Å²) in [5, 5.41) is 0. The molecule has 0 aliphatic rings. The monoisotopic (exact) mass is 466 g/mol. The Balaban J connectivity index is -0.000000411. The third kappa shape index (κ3) is 49.1. The lowest BCUT2D eigenvalue weighted by Gasteiger charge is -1.98. The zero-order valence-corrected chi connectivity index (χ0v) is 22.7. The number of hydrogen-bond donors (Lipinski definition) is 0. The first-order chi connectivity index (χ1) is 16.2. The van der Waals surface area contributed by atoms with Gasteiger partial charge in [-0.2, -0.15) is 0 Å². The molecule has 0 rings (SSSR count). The van der Waals surface area contributed by atoms with Gasteiger partial charge in [-0.15, -0.1) is 0 Å². The average molecular weight is 467 g/mol. The lowest BCUT2D eigenvalue weighted by molar-refractivity contribution is -0.108. The minimum absolute atomic E-state index is 0.758. The van der Waals surface area contributed by atoms with Crippen LogP contribution in [-0.4, -0.2) is 18.9 Å². The molecule has 0 aromatic rings. The highest BCUT2D eigenvalue weighted by molar-refractivity contribution is 5.64. The van der Waals surface area contributed by atoms with Gasteiger partial charge < -0.3 is 9.59 Å². The predicted octanol–water partition coefficient (Wildman–Crippen LogP) is 9.75. The summed E-state index contributed by atoms with van der Waals surface area (Å²) in [6.07, 6.45) is 33.6. The molecular weight excluding hydrogens is 408 g/mol. The molecule has 0 atom stereocenters. The van der Waals surface area contributed by atoms with Crippen LogP contribution < -0.4 is 0 Å². The lowest BCUT2D eigenvalue weighted by atomic mass is 10.1. The van der Waals surface area contributed by atoms with Crippen LogP contribution in [0, 0.1) is 0 Å². The Kier molecular flexibility index (Phi) is 45.2. The van der Waals surface area contributed by atoms with Gasteiger partial charge in [0.1, 0.15) is 18.9 Å². The van der Waals surface area contributed by atoms with Crippen molar-refractivity contribution < 1.29 is 14.4 Å². The van der Waals surface area contributed by atoms with E-state index in [0.717, 1.165) is 51.0 Å². The second-order valence-electron chi connectivity index (χ2n) is 8.92. The topological polar surface area (TPSA) is 51.2 Å². The van der Waals surface area contributed by atoms with Gasteiger partial charge in [0.25, 0.3) is 0 Å². The Morgan fingerprint density at radius 2 is 0.697 bits per heavy atom. The summed E-state index contributed by atoms with van der Waals surface area (Å²) < 4.78 is 0. The van der Waals surface area contributed by atoms with Crippen LogP contribution >= 0.6 is 0 Å². The van der Waals surface area contributed by atoms with Crippen LogP contribution in [0.25, 0.3) is 0 Å². The summed E-state index contributed by atoms with van der Waals surface area (Å²) in [7, 11) is 0. The van der Waals surface area contributed by atoms with Crippen molar-refractivity contribution in [3.63, 3.8) is 0 Å². The van der Waals surface area contributed by atoms with Crippen LogP contribution in [0.1, 0.15) is 162 Å². The molecule has 0 amide bonds. The van der Waals surface area contributed by atoms with E-state index in [4.69, 9.17) is 0 Å². The molecule has 33 heavy (non-hydrogen) atoms. The van der Waals surface area contributed by atoms with Gasteiger partial charge in [0.2, 0.25) is 0 Å². The normalized spacial score (nSPS) is 10.2. The molecule has 0 aliphatic heterocycles. The van der Waals surface area contributed by atoms with Gasteiger partial charge in [-0.3, -0.25) is 4.79 Å². The minimum atomic E-state index is 0.758. The van der Waals surface area contributed by atoms with E-state index in [-0.39, 0.29) is 0 Å². The fraction of sp³-hybridized carbons (Fsp3) is 0.833. The third-order valence-corrected chi connectivity index (χ3v) is 5.54. The molecule has 0 radical (unpaired) electrons. The van der Waals surface area contributed by atoms with Gasteiger partial charge >= 0.3 is 0 Å². The molecule has 0 heterocycles. The summed E-state index contributed by atoms with van der Waals surface area (Å²) in [6.45, 7) is 6.66. The predicted molar refractivity (Wildman–Crippen MR) is 146 cm³/mol. The van der Waals surface area contributed by atoms with Crippen molar-refractivity contribution in [2.75, 3.05) is 0 Å². The van der Waals surface area contributed by atoms with Crippen LogP contribution in [0.5, 0.6) is 0 Å². The van der Waals surface area contributed by atoms with E-state index in [9.17, 15) is 14.4 Å². The summed E-state index contributed by atoms with van der Waals surface area (Å²) in [4.78, 5) is 29.7. The fourth-order valence-corrected chi connectivity index (χ4v) is 3.39. The highest BCUT2D eigenvalue weighted by atomic mass is 16.1. The van der Waals surface area contributed by atoms with Crippen LogP contribution in [0.15, 0.2) is 12.2 Å². The second-order valence-corrected chi connectivity index (χ2v) is 8.92. The number of hydrogen-bond acceptors (Lipinski definition) is 3. The van der Waals surface area contributed by atoms with Crippen molar-refractivity contribution in [1.29, 1.82) is 0 Å². The molecule has 196 valence electrons. The Labute approximate surface area is 207 Å². The zero-order valence-electron chi connectivity index (χ0n) is 22.7. The second kappa shape index (κ2) is 41.0. The first kappa shape index (κ1) is 36.3. The lowest BCUT2D eigenvalue weighted by Crippen LogP contribution is -1.81. The van der Waals surface area contributed by atoms with Crippen molar-refractivity contribution in [1.82, 2.24) is 0 Å². The molecule has 3 nitrogen and oxygen atoms in total. The van der Waals surface area contributed by atoms with Gasteiger partial charge in [-0.05, 0) is 31.8 Å². The summed E-state index contributed by atoms with van der Waals surface area (Å²) in [6, 6.07) is 0. The van der Waals surface area contributed by atoms with Gasteiger partial charge in [0.05, 0.1) is 0 Å². The number of unbranched alkanes of at least 4 members (excludes halogenated alkanes) is 19. The number of aldehydes is 3. The molecule has 0 aromatic carbocycles. The standard InChI is InChI=1S/C11H22O.C10H20O.C9H16O/c1-2-3-4-5-6-7-8-9-10-11-12;1-2-3-4-5-6-7-8-9-10-11;1-2-3-4-5-6-7-8-9-10/h11H,2-10H2,1H3;10H,2-9H2,1H3;7-9H,2-6H2,1H3. The van der Waals surface area contributed by atoms with Crippen molar-refractivity contribution in [3.05, 3.63) is 12.2 Å². The summed E-state index contributed by atoms with van der Waals surface area (Å²) >= 11 is 0. The van der Waals surface area contributed by atoms with E-state index in [1.807, 2.05) is 6.08 Å². The Bertz CT molecular complexity index is 377. The quantitative estimate of drug-likeness (QED) is 0.0855. The van der Waals surface area contributed by atoms with E-state index in [0.29, 0.717) is 0 Å². The molecule has 0 aromatic heterocycles. The minimum Gasteiger partial charge on any atom is -0.303 e. The highest BCUT2D eigenvalue weighted by Gasteiger charge is 1.90. The van der Waals surface area contributed by atoms with Gasteiger partial charge in [0.15, 0.2) is 0 Å². The number of rotatable bonds is 23. The van der Waals surface area contributed by atoms with Gasteiger partial charge in [-0.25, -0.2) is 0 Å². The van der Waals surface area contributed by atoms with Crippen LogP contribution in [0.2, 0.25) is 0 Å². The molecule has 0 saturated heterocycles. The molecule has 0 N–H and O–H groups in total. The summed E-state index contributed by atoms with van der Waals surface area (Å²) in [5.41, 5.74) is 0. The maximum atomic E-state index is 9.98. The average Bonchev–Trinajstić information content (AvgIpc) is 2.83. The van der Waals surface area contributed by atoms with Crippen molar-refractivity contribution >= 4 is 18.9 Å². The molecule has 0 bridgehead atoms. The Morgan fingerprint density at radius 1 is 0.394 bits per heavy atom. The third-order valence-electron chi connectivity index (χ3n) is 5.54. The number of carbonyl (C=O) groups is 3. The Hall–Kier alpha value is -1.25. The fourth-order valence-electron chi connectivity index (χ4n) is 3.39. The van der Waals surface area contributed by atoms with E-state index in [1.54, 1.807) is 6.08 Å². The van der Waals surface area contributed by atoms with E-state index in [2.05, 4.69) is 20.8 Å². The smallest absolute Gasteiger partial charge is 0.142 e. The molecule has 3 heteroatoms. The molecular formula is C30H58O3. The number of allylic oxidation sites excluding steroid dienone is 2. The number of carbonyl (C=O) groups excluding carboxylic acids is 3. The van der Waals surface area contributed by atoms with E-state index in [1.165, 1.54) is 109 Å². The SMILES string of the molecule is CCCCCCC=CC=O.CCCCCCCCCC=O.CCCCCCCCCCC=O. The summed E-state index contributed by atoms with van der Waals surface area (Å²) in [5.74, 6) is 0. The first-order valence-electron chi connectivity index (χ1n) is 14.2. The van der Waals surface area contributed by atoms with Gasteiger partial charge in [-0.1, -0.05) is 130 Å². The van der Waals surface area contributed by atoms with Gasteiger partial charge in [0, 0.05) is 12.8 Å². The molecule has 0 unspecified atom stereocenters. The Morgan fingerprint density at radius 3 is 1.03 bits per heavy atom.